The Morgan fingerprint density at radius 3 is 3.00 bits per heavy atom. The normalized spacial score (nSPS) is 15.2. The van der Waals surface area contributed by atoms with Gasteiger partial charge in [-0.15, -0.1) is 11.3 Å². The maximum absolute atomic E-state index is 10.4. The molecular formula is C14H14BrNOS. The van der Waals surface area contributed by atoms with Crippen molar-refractivity contribution in [2.75, 3.05) is 11.9 Å². The third-order valence-corrected chi connectivity index (χ3v) is 4.91. The summed E-state index contributed by atoms with van der Waals surface area (Å²) in [5.41, 5.74) is 3.48. The van der Waals surface area contributed by atoms with Gasteiger partial charge in [-0.05, 0) is 40.0 Å². The molecule has 0 saturated heterocycles. The van der Waals surface area contributed by atoms with Crippen LogP contribution in [0.2, 0.25) is 0 Å². The molecule has 4 heteroatoms. The Kier molecular flexibility index (Phi) is 3.41. The molecular weight excluding hydrogens is 310 g/mol. The van der Waals surface area contributed by atoms with E-state index in [2.05, 4.69) is 33.4 Å². The lowest BCUT2D eigenvalue weighted by molar-refractivity contribution is 0.180. The first-order chi connectivity index (χ1) is 8.74. The summed E-state index contributed by atoms with van der Waals surface area (Å²) in [6.07, 6.45) is 1.30. The number of halogens is 1. The lowest BCUT2D eigenvalue weighted by Crippen LogP contribution is -2.04. The Bertz CT molecular complexity index is 567. The molecule has 0 bridgehead atoms. The van der Waals surface area contributed by atoms with Gasteiger partial charge in [-0.2, -0.15) is 0 Å². The Balaban J connectivity index is 1.84. The van der Waals surface area contributed by atoms with Gasteiger partial charge < -0.3 is 10.4 Å². The van der Waals surface area contributed by atoms with Gasteiger partial charge in [-0.1, -0.05) is 18.2 Å². The Morgan fingerprint density at radius 1 is 1.33 bits per heavy atom. The highest BCUT2D eigenvalue weighted by molar-refractivity contribution is 9.11. The molecule has 1 unspecified atom stereocenters. The van der Waals surface area contributed by atoms with Crippen molar-refractivity contribution in [2.45, 2.75) is 18.9 Å². The zero-order valence-electron chi connectivity index (χ0n) is 9.82. The van der Waals surface area contributed by atoms with Crippen LogP contribution in [0, 0.1) is 0 Å². The number of rotatable bonds is 3. The Morgan fingerprint density at radius 2 is 2.22 bits per heavy atom. The van der Waals surface area contributed by atoms with Crippen LogP contribution in [0.1, 0.15) is 22.1 Å². The molecule has 2 nitrogen and oxygen atoms in total. The van der Waals surface area contributed by atoms with E-state index in [1.807, 2.05) is 18.2 Å². The van der Waals surface area contributed by atoms with Crippen molar-refractivity contribution < 1.29 is 5.11 Å². The minimum Gasteiger partial charge on any atom is -0.388 e. The molecule has 1 aromatic heterocycles. The van der Waals surface area contributed by atoms with Crippen LogP contribution in [0.4, 0.5) is 5.69 Å². The maximum atomic E-state index is 10.4. The van der Waals surface area contributed by atoms with E-state index in [0.29, 0.717) is 6.42 Å². The lowest BCUT2D eigenvalue weighted by Gasteiger charge is -2.14. The first-order valence-electron chi connectivity index (χ1n) is 6.02. The highest BCUT2D eigenvalue weighted by atomic mass is 79.9. The van der Waals surface area contributed by atoms with Crippen LogP contribution in [0.5, 0.6) is 0 Å². The largest absolute Gasteiger partial charge is 0.388 e. The molecule has 18 heavy (non-hydrogen) atoms. The third-order valence-electron chi connectivity index (χ3n) is 3.26. The van der Waals surface area contributed by atoms with E-state index in [1.54, 1.807) is 11.3 Å². The van der Waals surface area contributed by atoms with Crippen molar-refractivity contribution in [3.63, 3.8) is 0 Å². The molecule has 0 radical (unpaired) electrons. The van der Waals surface area contributed by atoms with Crippen molar-refractivity contribution in [1.29, 1.82) is 0 Å². The number of anilines is 1. The number of aliphatic hydroxyl groups excluding tert-OH is 1. The average Bonchev–Trinajstić information content (AvgIpc) is 2.97. The van der Waals surface area contributed by atoms with Crippen molar-refractivity contribution in [3.8, 4) is 0 Å². The van der Waals surface area contributed by atoms with Crippen molar-refractivity contribution in [2.24, 2.45) is 0 Å². The molecule has 1 aliphatic rings. The topological polar surface area (TPSA) is 32.3 Å². The standard InChI is InChI=1S/C14H14BrNOS/c15-13-5-4-10(18-13)8-12(17)11-3-1-2-9-6-7-16-14(9)11/h1-5,12,16-17H,6-8H2. The predicted octanol–water partition coefficient (Wildman–Crippen LogP) is 3.75. The van der Waals surface area contributed by atoms with Gasteiger partial charge in [0.25, 0.3) is 0 Å². The van der Waals surface area contributed by atoms with E-state index in [0.717, 1.165) is 28.0 Å². The fourth-order valence-electron chi connectivity index (χ4n) is 2.41. The fraction of sp³-hybridized carbons (Fsp3) is 0.286. The molecule has 2 N–H and O–H groups in total. The summed E-state index contributed by atoms with van der Waals surface area (Å²) in [4.78, 5) is 1.20. The van der Waals surface area contributed by atoms with Crippen LogP contribution < -0.4 is 5.32 Å². The number of aliphatic hydroxyl groups is 1. The van der Waals surface area contributed by atoms with E-state index in [-0.39, 0.29) is 0 Å². The van der Waals surface area contributed by atoms with Crippen LogP contribution in [-0.2, 0) is 12.8 Å². The van der Waals surface area contributed by atoms with Crippen LogP contribution in [0.25, 0.3) is 0 Å². The number of hydrogen-bond acceptors (Lipinski definition) is 3. The predicted molar refractivity (Wildman–Crippen MR) is 79.3 cm³/mol. The molecule has 2 heterocycles. The number of nitrogens with one attached hydrogen (secondary N) is 1. The van der Waals surface area contributed by atoms with Crippen LogP contribution in [-0.4, -0.2) is 11.7 Å². The second-order valence-electron chi connectivity index (χ2n) is 4.48. The molecule has 1 atom stereocenters. The SMILES string of the molecule is OC(Cc1ccc(Br)s1)c1cccc2c1NCC2. The summed E-state index contributed by atoms with van der Waals surface area (Å²) in [6.45, 7) is 0.976. The summed E-state index contributed by atoms with van der Waals surface area (Å²) >= 11 is 5.13. The van der Waals surface area contributed by atoms with Gasteiger partial charge in [-0.3, -0.25) is 0 Å². The Hall–Kier alpha value is -0.840. The second-order valence-corrected chi connectivity index (χ2v) is 7.03. The molecule has 0 spiro atoms. The van der Waals surface area contributed by atoms with Crippen molar-refractivity contribution >= 4 is 33.0 Å². The number of hydrogen-bond donors (Lipinski definition) is 2. The quantitative estimate of drug-likeness (QED) is 0.901. The highest BCUT2D eigenvalue weighted by Crippen LogP contribution is 2.33. The molecule has 1 aromatic carbocycles. The number of para-hydroxylation sites is 1. The molecule has 94 valence electrons. The molecule has 0 aliphatic carbocycles. The van der Waals surface area contributed by atoms with E-state index in [9.17, 15) is 5.11 Å². The maximum Gasteiger partial charge on any atom is 0.0858 e. The molecule has 3 rings (SSSR count). The zero-order valence-corrected chi connectivity index (χ0v) is 12.2. The van der Waals surface area contributed by atoms with E-state index in [4.69, 9.17) is 0 Å². The van der Waals surface area contributed by atoms with Gasteiger partial charge in [0.2, 0.25) is 0 Å². The molecule has 0 saturated carbocycles. The monoisotopic (exact) mass is 323 g/mol. The summed E-state index contributed by atoms with van der Waals surface area (Å²) in [5, 5.41) is 13.8. The molecule has 0 fully saturated rings. The van der Waals surface area contributed by atoms with Crippen LogP contribution >= 0.6 is 27.3 Å². The molecule has 0 amide bonds. The van der Waals surface area contributed by atoms with Crippen molar-refractivity contribution in [1.82, 2.24) is 0 Å². The minimum absolute atomic E-state index is 0.434. The van der Waals surface area contributed by atoms with Crippen LogP contribution in [0.15, 0.2) is 34.1 Å². The summed E-state index contributed by atoms with van der Waals surface area (Å²) in [5.74, 6) is 0. The molecule has 2 aromatic rings. The lowest BCUT2D eigenvalue weighted by atomic mass is 10.0. The first-order valence-corrected chi connectivity index (χ1v) is 7.63. The molecule has 1 aliphatic heterocycles. The smallest absolute Gasteiger partial charge is 0.0858 e. The van der Waals surface area contributed by atoms with E-state index >= 15 is 0 Å². The second kappa shape index (κ2) is 5.03. The van der Waals surface area contributed by atoms with Gasteiger partial charge >= 0.3 is 0 Å². The highest BCUT2D eigenvalue weighted by Gasteiger charge is 2.19. The minimum atomic E-state index is -0.434. The van der Waals surface area contributed by atoms with Gasteiger partial charge in [-0.25, -0.2) is 0 Å². The fourth-order valence-corrected chi connectivity index (χ4v) is 3.93. The van der Waals surface area contributed by atoms with E-state index < -0.39 is 6.10 Å². The van der Waals surface area contributed by atoms with Gasteiger partial charge in [0.05, 0.1) is 9.89 Å². The third kappa shape index (κ3) is 2.32. The average molecular weight is 324 g/mol. The van der Waals surface area contributed by atoms with Gasteiger partial charge in [0, 0.05) is 29.1 Å². The van der Waals surface area contributed by atoms with E-state index in [1.165, 1.54) is 10.4 Å². The Labute approximate surface area is 119 Å². The van der Waals surface area contributed by atoms with Crippen molar-refractivity contribution in [3.05, 3.63) is 50.1 Å². The summed E-state index contributed by atoms with van der Waals surface area (Å²) in [7, 11) is 0. The van der Waals surface area contributed by atoms with Gasteiger partial charge in [0.15, 0.2) is 0 Å². The summed E-state index contributed by atoms with van der Waals surface area (Å²) in [6, 6.07) is 10.3. The first kappa shape index (κ1) is 12.2. The summed E-state index contributed by atoms with van der Waals surface area (Å²) < 4.78 is 1.11. The number of thiophene rings is 1. The van der Waals surface area contributed by atoms with Gasteiger partial charge in [0.1, 0.15) is 0 Å². The zero-order chi connectivity index (χ0) is 12.5. The van der Waals surface area contributed by atoms with Crippen LogP contribution in [0.3, 0.4) is 0 Å². The number of fused-ring (bicyclic) bond motifs is 1. The number of benzene rings is 1.